The van der Waals surface area contributed by atoms with Crippen molar-refractivity contribution >= 4 is 33.5 Å². The van der Waals surface area contributed by atoms with E-state index in [0.29, 0.717) is 27.2 Å². The molecule has 0 N–H and O–H groups in total. The van der Waals surface area contributed by atoms with E-state index < -0.39 is 4.92 Å². The van der Waals surface area contributed by atoms with Gasteiger partial charge in [-0.3, -0.25) is 19.6 Å². The highest BCUT2D eigenvalue weighted by Crippen LogP contribution is 2.32. The van der Waals surface area contributed by atoms with Crippen molar-refractivity contribution in [1.82, 2.24) is 9.36 Å². The minimum atomic E-state index is -0.459. The molecule has 31 heavy (non-hydrogen) atoms. The molecular formula is C22H17BrN4O4. The SMILES string of the molecule is Cc1c(N=Cc2ccc(-c3ccc([N+](=O)[O-])cc3Br)o2)c(=O)n(-c2ccccc2)n1C. The average molecular weight is 481 g/mol. The van der Waals surface area contributed by atoms with Crippen molar-refractivity contribution in [2.45, 2.75) is 6.92 Å². The molecule has 8 nitrogen and oxygen atoms in total. The van der Waals surface area contributed by atoms with Crippen LogP contribution >= 0.6 is 15.9 Å². The Hall–Kier alpha value is -3.72. The van der Waals surface area contributed by atoms with Gasteiger partial charge in [0, 0.05) is 29.2 Å². The summed E-state index contributed by atoms with van der Waals surface area (Å²) in [6.45, 7) is 1.83. The quantitative estimate of drug-likeness (QED) is 0.223. The van der Waals surface area contributed by atoms with E-state index in [1.165, 1.54) is 18.3 Å². The average Bonchev–Trinajstić information content (AvgIpc) is 3.30. The van der Waals surface area contributed by atoms with Crippen molar-refractivity contribution in [1.29, 1.82) is 0 Å². The van der Waals surface area contributed by atoms with Crippen LogP contribution in [0.15, 0.2) is 79.3 Å². The first-order chi connectivity index (χ1) is 14.9. The predicted octanol–water partition coefficient (Wildman–Crippen LogP) is 5.17. The van der Waals surface area contributed by atoms with Gasteiger partial charge in [-0.2, -0.15) is 0 Å². The van der Waals surface area contributed by atoms with Crippen LogP contribution < -0.4 is 5.56 Å². The summed E-state index contributed by atoms with van der Waals surface area (Å²) in [7, 11) is 1.81. The molecule has 0 fully saturated rings. The Morgan fingerprint density at radius 1 is 1.13 bits per heavy atom. The molecule has 0 bridgehead atoms. The Balaban J connectivity index is 1.65. The number of benzene rings is 2. The molecular weight excluding hydrogens is 464 g/mol. The molecule has 0 unspecified atom stereocenters. The fourth-order valence-electron chi connectivity index (χ4n) is 3.22. The minimum absolute atomic E-state index is 0.0155. The summed E-state index contributed by atoms with van der Waals surface area (Å²) >= 11 is 3.34. The van der Waals surface area contributed by atoms with E-state index in [-0.39, 0.29) is 11.2 Å². The molecule has 2 heterocycles. The first-order valence-corrected chi connectivity index (χ1v) is 10.1. The van der Waals surface area contributed by atoms with Crippen molar-refractivity contribution in [3.8, 4) is 17.0 Å². The Labute approximate surface area is 185 Å². The number of nitro benzene ring substituents is 1. The molecule has 0 spiro atoms. The van der Waals surface area contributed by atoms with Gasteiger partial charge in [-0.05, 0) is 53.2 Å². The van der Waals surface area contributed by atoms with Crippen molar-refractivity contribution < 1.29 is 9.34 Å². The summed E-state index contributed by atoms with van der Waals surface area (Å²) < 4.78 is 9.67. The van der Waals surface area contributed by atoms with Gasteiger partial charge in [0.2, 0.25) is 0 Å². The molecule has 0 aliphatic rings. The summed E-state index contributed by atoms with van der Waals surface area (Å²) in [6, 6.07) is 17.3. The highest BCUT2D eigenvalue weighted by molar-refractivity contribution is 9.10. The van der Waals surface area contributed by atoms with Crippen molar-refractivity contribution in [2.75, 3.05) is 0 Å². The monoisotopic (exact) mass is 480 g/mol. The van der Waals surface area contributed by atoms with Crippen LogP contribution in [0.25, 0.3) is 17.0 Å². The maximum atomic E-state index is 12.9. The minimum Gasteiger partial charge on any atom is -0.455 e. The van der Waals surface area contributed by atoms with Gasteiger partial charge in [-0.25, -0.2) is 9.67 Å². The van der Waals surface area contributed by atoms with Crippen LogP contribution in [0.1, 0.15) is 11.5 Å². The summed E-state index contributed by atoms with van der Waals surface area (Å²) in [5.74, 6) is 0.976. The normalized spacial score (nSPS) is 11.3. The lowest BCUT2D eigenvalue weighted by molar-refractivity contribution is -0.384. The van der Waals surface area contributed by atoms with Crippen molar-refractivity contribution in [3.05, 3.63) is 97.1 Å². The third kappa shape index (κ3) is 3.87. The van der Waals surface area contributed by atoms with Gasteiger partial charge in [-0.15, -0.1) is 0 Å². The standard InChI is InChI=1S/C22H17BrN4O4/c1-14-21(22(28)26(25(14)2)15-6-4-3-5-7-15)24-13-17-9-11-20(31-17)18-10-8-16(27(29)30)12-19(18)23/h3-13H,1-2H3. The number of hydrogen-bond donors (Lipinski definition) is 0. The number of furan rings is 1. The van der Waals surface area contributed by atoms with Gasteiger partial charge in [-0.1, -0.05) is 18.2 Å². The van der Waals surface area contributed by atoms with Crippen LogP contribution in [0.5, 0.6) is 0 Å². The van der Waals surface area contributed by atoms with Crippen LogP contribution in [-0.4, -0.2) is 20.5 Å². The lowest BCUT2D eigenvalue weighted by atomic mass is 10.1. The van der Waals surface area contributed by atoms with Crippen LogP contribution in [0.3, 0.4) is 0 Å². The molecule has 9 heteroatoms. The number of rotatable bonds is 5. The zero-order valence-corrected chi connectivity index (χ0v) is 18.2. The number of nitro groups is 1. The van der Waals surface area contributed by atoms with E-state index in [9.17, 15) is 14.9 Å². The second kappa shape index (κ2) is 8.19. The van der Waals surface area contributed by atoms with Gasteiger partial charge < -0.3 is 4.42 Å². The molecule has 0 radical (unpaired) electrons. The first-order valence-electron chi connectivity index (χ1n) is 9.29. The van der Waals surface area contributed by atoms with Crippen molar-refractivity contribution in [2.24, 2.45) is 12.0 Å². The van der Waals surface area contributed by atoms with E-state index in [0.717, 1.165) is 11.4 Å². The van der Waals surface area contributed by atoms with Gasteiger partial charge in [0.05, 0.1) is 22.5 Å². The van der Waals surface area contributed by atoms with Gasteiger partial charge >= 0.3 is 0 Å². The summed E-state index contributed by atoms with van der Waals surface area (Å²) in [5.41, 5.74) is 2.22. The zero-order valence-electron chi connectivity index (χ0n) is 16.7. The van der Waals surface area contributed by atoms with E-state index in [1.807, 2.05) is 37.3 Å². The highest BCUT2D eigenvalue weighted by Gasteiger charge is 2.16. The Morgan fingerprint density at radius 2 is 1.87 bits per heavy atom. The maximum Gasteiger partial charge on any atom is 0.297 e. The number of nitrogens with zero attached hydrogens (tertiary/aromatic N) is 4. The second-order valence-electron chi connectivity index (χ2n) is 6.79. The fourth-order valence-corrected chi connectivity index (χ4v) is 3.78. The zero-order chi connectivity index (χ0) is 22.1. The number of halogens is 1. The second-order valence-corrected chi connectivity index (χ2v) is 7.65. The molecule has 0 amide bonds. The molecule has 4 rings (SSSR count). The molecule has 0 aliphatic heterocycles. The predicted molar refractivity (Wildman–Crippen MR) is 121 cm³/mol. The highest BCUT2D eigenvalue weighted by atomic mass is 79.9. The lowest BCUT2D eigenvalue weighted by Gasteiger charge is -2.07. The third-order valence-corrected chi connectivity index (χ3v) is 5.56. The third-order valence-electron chi connectivity index (χ3n) is 4.90. The van der Waals surface area contributed by atoms with E-state index >= 15 is 0 Å². The summed E-state index contributed by atoms with van der Waals surface area (Å²) in [6.07, 6.45) is 1.49. The lowest BCUT2D eigenvalue weighted by Crippen LogP contribution is -2.19. The molecule has 0 saturated carbocycles. The van der Waals surface area contributed by atoms with E-state index in [4.69, 9.17) is 4.42 Å². The Bertz CT molecular complexity index is 1370. The van der Waals surface area contributed by atoms with Crippen LogP contribution in [0.2, 0.25) is 0 Å². The molecule has 2 aromatic heterocycles. The van der Waals surface area contributed by atoms with Gasteiger partial charge in [0.25, 0.3) is 11.2 Å². The van der Waals surface area contributed by atoms with Crippen LogP contribution in [-0.2, 0) is 7.05 Å². The Morgan fingerprint density at radius 3 is 2.55 bits per heavy atom. The topological polar surface area (TPSA) is 95.6 Å². The smallest absolute Gasteiger partial charge is 0.297 e. The van der Waals surface area contributed by atoms with Gasteiger partial charge in [0.15, 0.2) is 5.69 Å². The first kappa shape index (κ1) is 20.5. The number of para-hydroxylation sites is 1. The number of aliphatic imine (C=N–C) groups is 1. The van der Waals surface area contributed by atoms with Crippen LogP contribution in [0, 0.1) is 17.0 Å². The molecule has 0 aliphatic carbocycles. The van der Waals surface area contributed by atoms with Gasteiger partial charge in [0.1, 0.15) is 11.5 Å². The molecule has 0 atom stereocenters. The van der Waals surface area contributed by atoms with Crippen LogP contribution in [0.4, 0.5) is 11.4 Å². The number of aromatic nitrogens is 2. The fraction of sp³-hybridized carbons (Fsp3) is 0.0909. The molecule has 4 aromatic rings. The van der Waals surface area contributed by atoms with Crippen molar-refractivity contribution in [3.63, 3.8) is 0 Å². The molecule has 2 aromatic carbocycles. The summed E-state index contributed by atoms with van der Waals surface area (Å²) in [4.78, 5) is 27.8. The Kier molecular flexibility index (Phi) is 5.43. The molecule has 0 saturated heterocycles. The maximum absolute atomic E-state index is 12.9. The van der Waals surface area contributed by atoms with E-state index in [2.05, 4.69) is 20.9 Å². The van der Waals surface area contributed by atoms with E-state index in [1.54, 1.807) is 34.6 Å². The number of hydrogen-bond acceptors (Lipinski definition) is 5. The number of non-ortho nitro benzene ring substituents is 1. The summed E-state index contributed by atoms with van der Waals surface area (Å²) in [5, 5.41) is 10.9. The molecule has 156 valence electrons. The largest absolute Gasteiger partial charge is 0.455 e.